The molecule has 5 nitrogen and oxygen atoms in total. The molecule has 2 aromatic heterocycles. The molecule has 0 saturated heterocycles. The Hall–Kier alpha value is 0.00442. The van der Waals surface area contributed by atoms with Gasteiger partial charge in [-0.15, -0.1) is 0 Å². The second-order valence-corrected chi connectivity index (χ2v) is 8.73. The van der Waals surface area contributed by atoms with Crippen LogP contribution in [0.4, 0.5) is 5.69 Å². The van der Waals surface area contributed by atoms with Crippen LogP contribution in [0.25, 0.3) is 0 Å². The molecule has 0 aliphatic carbocycles. The van der Waals surface area contributed by atoms with E-state index in [0.717, 1.165) is 22.5 Å². The number of pyridine rings is 2. The summed E-state index contributed by atoms with van der Waals surface area (Å²) in [4.78, 5) is 17.3. The van der Waals surface area contributed by atoms with Gasteiger partial charge in [-0.1, -0.05) is 20.8 Å². The summed E-state index contributed by atoms with van der Waals surface area (Å²) in [5.74, 6) is 0.867. The fraction of sp³-hybridized carbons (Fsp3) is 0.429. The van der Waals surface area contributed by atoms with Gasteiger partial charge in [-0.05, 0) is 75.7 Å². The summed E-state index contributed by atoms with van der Waals surface area (Å²) in [6.07, 6.45) is 9.31. The van der Waals surface area contributed by atoms with Crippen LogP contribution in [-0.4, -0.2) is 28.0 Å². The van der Waals surface area contributed by atoms with Crippen molar-refractivity contribution in [3.8, 4) is 0 Å². The van der Waals surface area contributed by atoms with E-state index >= 15 is 0 Å². The van der Waals surface area contributed by atoms with E-state index in [0.29, 0.717) is 11.6 Å². The van der Waals surface area contributed by atoms with Crippen LogP contribution in [0.15, 0.2) is 45.9 Å². The van der Waals surface area contributed by atoms with Gasteiger partial charge in [0.05, 0.1) is 5.69 Å². The van der Waals surface area contributed by atoms with Gasteiger partial charge in [0.25, 0.3) is 0 Å². The van der Waals surface area contributed by atoms with Crippen molar-refractivity contribution in [1.29, 1.82) is 0 Å². The molecule has 0 spiro atoms. The number of Topliss-reactive ketones (excluding diaryl/α,β-unsaturated/α-hetero) is 1. The summed E-state index contributed by atoms with van der Waals surface area (Å²) < 4.78 is 4.07. The summed E-state index contributed by atoms with van der Waals surface area (Å²) >= 11 is 8.84. The Morgan fingerprint density at radius 2 is 1.50 bits per heavy atom. The van der Waals surface area contributed by atoms with Crippen molar-refractivity contribution >= 4 is 65.9 Å². The van der Waals surface area contributed by atoms with E-state index in [-0.39, 0.29) is 24.3 Å². The minimum absolute atomic E-state index is 0. The number of rotatable bonds is 3. The van der Waals surface area contributed by atoms with Gasteiger partial charge in [0.15, 0.2) is 0 Å². The summed E-state index contributed by atoms with van der Waals surface area (Å²) in [7, 11) is 1.00. The van der Waals surface area contributed by atoms with Crippen LogP contribution in [0.5, 0.6) is 0 Å². The van der Waals surface area contributed by atoms with Gasteiger partial charge < -0.3 is 38.2 Å². The number of nitrogens with zero attached hydrogens (tertiary/aromatic N) is 2. The molecule has 0 atom stereocenters. The summed E-state index contributed by atoms with van der Waals surface area (Å²) in [6.45, 7) is 9.59. The summed E-state index contributed by atoms with van der Waals surface area (Å²) in [6, 6.07) is 3.92. The SMILES string of the molecule is CC(C)=O.CC(C)Cc1cncc(Br)c1.CC[CH-]I.CO.Nc1cncc(Br)c1.[V]. The van der Waals surface area contributed by atoms with Crippen LogP contribution in [0.2, 0.25) is 0 Å². The molecule has 0 saturated carbocycles. The maximum atomic E-state index is 9.44. The van der Waals surface area contributed by atoms with E-state index < -0.39 is 0 Å². The number of aromatic nitrogens is 2. The summed E-state index contributed by atoms with van der Waals surface area (Å²) in [5.41, 5.74) is 7.35. The molecule has 0 amide bonds. The molecule has 0 aromatic carbocycles. The molecule has 3 N–H and O–H groups in total. The van der Waals surface area contributed by atoms with Gasteiger partial charge in [-0.2, -0.15) is 6.42 Å². The smallest absolute Gasteiger partial charge is 0.126 e. The molecule has 171 valence electrons. The van der Waals surface area contributed by atoms with E-state index in [1.165, 1.54) is 25.8 Å². The third kappa shape index (κ3) is 32.7. The Balaban J connectivity index is -0.000000157. The third-order valence-electron chi connectivity index (χ3n) is 2.29. The molecule has 0 aliphatic heterocycles. The first-order valence-corrected chi connectivity index (χ1v) is 11.7. The Labute approximate surface area is 224 Å². The number of halogens is 3. The van der Waals surface area contributed by atoms with Gasteiger partial charge in [0.2, 0.25) is 0 Å². The van der Waals surface area contributed by atoms with E-state index in [1.54, 1.807) is 18.5 Å². The predicted molar refractivity (Wildman–Crippen MR) is 140 cm³/mol. The van der Waals surface area contributed by atoms with Crippen LogP contribution >= 0.6 is 54.5 Å². The zero-order chi connectivity index (χ0) is 23.2. The number of anilines is 1. The van der Waals surface area contributed by atoms with Crippen LogP contribution in [-0.2, 0) is 29.8 Å². The zero-order valence-electron chi connectivity index (χ0n) is 18.4. The molecule has 0 unspecified atom stereocenters. The van der Waals surface area contributed by atoms with Crippen LogP contribution < -0.4 is 5.73 Å². The van der Waals surface area contributed by atoms with Crippen molar-refractivity contribution in [3.05, 3.63) is 55.9 Å². The Morgan fingerprint density at radius 3 is 1.77 bits per heavy atom. The topological polar surface area (TPSA) is 89.1 Å². The van der Waals surface area contributed by atoms with Crippen molar-refractivity contribution < 1.29 is 28.5 Å². The van der Waals surface area contributed by atoms with Crippen molar-refractivity contribution in [2.45, 2.75) is 47.5 Å². The van der Waals surface area contributed by atoms with Gasteiger partial charge in [0.1, 0.15) is 5.78 Å². The van der Waals surface area contributed by atoms with Crippen LogP contribution in [0.1, 0.15) is 46.6 Å². The normalized spacial score (nSPS) is 8.37. The quantitative estimate of drug-likeness (QED) is 0.277. The molecule has 2 aromatic rings. The van der Waals surface area contributed by atoms with E-state index in [4.69, 9.17) is 10.8 Å². The third-order valence-corrected chi connectivity index (χ3v) is 4.03. The van der Waals surface area contributed by atoms with E-state index in [9.17, 15) is 4.79 Å². The standard InChI is InChI=1S/C9H12BrN.C5H5BrN2.C3H6I.C3H6O.CH4O.V/c1-7(2)3-8-4-9(10)6-11-5-8;6-4-1-5(7)3-8-2-4;1-2-3-4;1-3(2)4;1-2;/h4-7H,3H2,1-2H3;1-3H,7H2;3H,2H2,1H3;1-2H3;2H,1H3;/q;;-1;;;. The number of nitrogens with two attached hydrogens (primary N) is 1. The first-order valence-electron chi connectivity index (χ1n) is 8.91. The molecular weight excluding hydrogens is 664 g/mol. The van der Waals surface area contributed by atoms with Gasteiger partial charge >= 0.3 is 0 Å². The number of carbonyl (C=O) groups excluding carboxylic acids is 1. The molecule has 2 rings (SSSR count). The molecule has 1 radical (unpaired) electrons. The number of nitrogen functional groups attached to an aromatic ring is 1. The average molecular weight is 697 g/mol. The molecule has 0 fully saturated rings. The monoisotopic (exact) mass is 695 g/mol. The zero-order valence-corrected chi connectivity index (χ0v) is 25.2. The van der Waals surface area contributed by atoms with Gasteiger partial charge in [-0.3, -0.25) is 14.4 Å². The number of aliphatic hydroxyl groups excluding tert-OH is 1. The van der Waals surface area contributed by atoms with Crippen molar-refractivity contribution in [2.75, 3.05) is 12.8 Å². The number of hydrogen-bond acceptors (Lipinski definition) is 5. The number of hydrogen-bond donors (Lipinski definition) is 2. The molecule has 0 bridgehead atoms. The largest absolute Gasteiger partial charge is 0.400 e. The van der Waals surface area contributed by atoms with Crippen molar-refractivity contribution in [1.82, 2.24) is 9.97 Å². The molecule has 0 aliphatic rings. The number of ketones is 1. The van der Waals surface area contributed by atoms with Crippen molar-refractivity contribution in [2.24, 2.45) is 5.92 Å². The summed E-state index contributed by atoms with van der Waals surface area (Å²) in [5, 5.41) is 7.00. The fourth-order valence-electron chi connectivity index (χ4n) is 1.47. The number of carbonyl (C=O) groups is 1. The molecular formula is C21H33Br2IN3O2V-. The second-order valence-electron chi connectivity index (χ2n) is 6.02. The first-order chi connectivity index (χ1) is 13.6. The van der Waals surface area contributed by atoms with Crippen LogP contribution in [0.3, 0.4) is 0 Å². The van der Waals surface area contributed by atoms with Crippen LogP contribution in [0, 0.1) is 10.3 Å². The van der Waals surface area contributed by atoms with Crippen molar-refractivity contribution in [3.63, 3.8) is 0 Å². The first kappa shape index (κ1) is 37.3. The Kier molecular flexibility index (Phi) is 33.6. The number of aliphatic hydroxyl groups is 1. The second kappa shape index (κ2) is 27.0. The molecule has 30 heavy (non-hydrogen) atoms. The molecule has 9 heteroatoms. The maximum Gasteiger partial charge on any atom is 0.126 e. The van der Waals surface area contributed by atoms with Gasteiger partial charge in [-0.25, -0.2) is 0 Å². The van der Waals surface area contributed by atoms with E-state index in [1.807, 2.05) is 12.4 Å². The maximum absolute atomic E-state index is 9.44. The fourth-order valence-corrected chi connectivity index (χ4v) is 2.26. The minimum Gasteiger partial charge on any atom is -0.400 e. The average Bonchev–Trinajstić information content (AvgIpc) is 2.63. The van der Waals surface area contributed by atoms with E-state index in [2.05, 4.69) is 95.7 Å². The van der Waals surface area contributed by atoms with Gasteiger partial charge in [0, 0.05) is 59.4 Å². The Bertz CT molecular complexity index is 628. The molecule has 2 heterocycles. The predicted octanol–water partition coefficient (Wildman–Crippen LogP) is 6.66. The Morgan fingerprint density at radius 1 is 1.10 bits per heavy atom. The minimum atomic E-state index is 0.